The number of nitrogens with zero attached hydrogens (tertiary/aromatic N) is 2. The van der Waals surface area contributed by atoms with Crippen molar-refractivity contribution in [2.75, 3.05) is 5.88 Å². The average molecular weight is 241 g/mol. The predicted molar refractivity (Wildman–Crippen MR) is 58.7 cm³/mol. The first-order valence-corrected chi connectivity index (χ1v) is 5.47. The highest BCUT2D eigenvalue weighted by atomic mass is 35.5. The fourth-order valence-corrected chi connectivity index (χ4v) is 1.44. The molecule has 0 aliphatic heterocycles. The number of benzene rings is 1. The van der Waals surface area contributed by atoms with Gasteiger partial charge in [-0.1, -0.05) is 6.07 Å². The van der Waals surface area contributed by atoms with Crippen LogP contribution in [0.25, 0.3) is 11.5 Å². The van der Waals surface area contributed by atoms with Crippen LogP contribution in [0.4, 0.5) is 4.39 Å². The molecule has 2 rings (SSSR count). The molecule has 2 aromatic rings. The Balaban J connectivity index is 2.18. The predicted octanol–water partition coefficient (Wildman–Crippen LogP) is 3.05. The minimum Gasteiger partial charge on any atom is -0.421 e. The molecule has 0 amide bonds. The first-order valence-electron chi connectivity index (χ1n) is 4.94. The molecule has 0 aliphatic carbocycles. The number of alkyl halides is 1. The zero-order valence-electron chi connectivity index (χ0n) is 8.49. The Kier molecular flexibility index (Phi) is 3.51. The first-order chi connectivity index (χ1) is 7.79. The van der Waals surface area contributed by atoms with E-state index in [0.29, 0.717) is 29.6 Å². The summed E-state index contributed by atoms with van der Waals surface area (Å²) in [5, 5.41) is 7.72. The zero-order valence-corrected chi connectivity index (χ0v) is 9.25. The smallest absolute Gasteiger partial charge is 0.247 e. The molecule has 1 aromatic carbocycles. The van der Waals surface area contributed by atoms with Crippen LogP contribution in [0.3, 0.4) is 0 Å². The van der Waals surface area contributed by atoms with Crippen molar-refractivity contribution in [2.45, 2.75) is 12.8 Å². The van der Waals surface area contributed by atoms with Gasteiger partial charge in [0.15, 0.2) is 0 Å². The van der Waals surface area contributed by atoms with Crippen molar-refractivity contribution in [2.24, 2.45) is 0 Å². The minimum absolute atomic E-state index is 0.321. The van der Waals surface area contributed by atoms with Gasteiger partial charge >= 0.3 is 0 Å². The van der Waals surface area contributed by atoms with Crippen molar-refractivity contribution < 1.29 is 8.81 Å². The van der Waals surface area contributed by atoms with Gasteiger partial charge in [-0.05, 0) is 24.6 Å². The van der Waals surface area contributed by atoms with Crippen molar-refractivity contribution in [1.29, 1.82) is 0 Å². The standard InChI is InChI=1S/C11H10ClFN2O/c12-6-2-5-10-14-15-11(16-10)8-3-1-4-9(13)7-8/h1,3-4,7H,2,5-6H2. The highest BCUT2D eigenvalue weighted by Gasteiger charge is 2.08. The molecule has 0 unspecified atom stereocenters. The molecule has 84 valence electrons. The van der Waals surface area contributed by atoms with Crippen LogP contribution in [0.15, 0.2) is 28.7 Å². The van der Waals surface area contributed by atoms with Gasteiger partial charge in [-0.3, -0.25) is 0 Å². The van der Waals surface area contributed by atoms with Crippen molar-refractivity contribution in [3.05, 3.63) is 36.0 Å². The van der Waals surface area contributed by atoms with Gasteiger partial charge in [0.2, 0.25) is 11.8 Å². The summed E-state index contributed by atoms with van der Waals surface area (Å²) in [5.74, 6) is 1.10. The maximum atomic E-state index is 13.0. The fraction of sp³-hybridized carbons (Fsp3) is 0.273. The summed E-state index contributed by atoms with van der Waals surface area (Å²) in [4.78, 5) is 0. The summed E-state index contributed by atoms with van der Waals surface area (Å²) in [6.45, 7) is 0. The van der Waals surface area contributed by atoms with E-state index in [4.69, 9.17) is 16.0 Å². The maximum Gasteiger partial charge on any atom is 0.247 e. The average Bonchev–Trinajstić information content (AvgIpc) is 2.75. The molecule has 5 heteroatoms. The third-order valence-electron chi connectivity index (χ3n) is 2.06. The maximum absolute atomic E-state index is 13.0. The molecule has 0 radical (unpaired) electrons. The molecule has 3 nitrogen and oxygen atoms in total. The Hall–Kier alpha value is -1.42. The lowest BCUT2D eigenvalue weighted by molar-refractivity contribution is 0.502. The lowest BCUT2D eigenvalue weighted by Gasteiger charge is -1.94. The second-order valence-electron chi connectivity index (χ2n) is 3.30. The Morgan fingerprint density at radius 3 is 2.94 bits per heavy atom. The van der Waals surface area contributed by atoms with Crippen LogP contribution in [-0.4, -0.2) is 16.1 Å². The fourth-order valence-electron chi connectivity index (χ4n) is 1.31. The van der Waals surface area contributed by atoms with Gasteiger partial charge in [-0.25, -0.2) is 4.39 Å². The molecule has 0 saturated carbocycles. The summed E-state index contributed by atoms with van der Waals surface area (Å²) < 4.78 is 18.3. The molecule has 1 aromatic heterocycles. The molecule has 0 spiro atoms. The van der Waals surface area contributed by atoms with Crippen molar-refractivity contribution in [3.8, 4) is 11.5 Å². The van der Waals surface area contributed by atoms with E-state index in [1.807, 2.05) is 0 Å². The lowest BCUT2D eigenvalue weighted by atomic mass is 10.2. The van der Waals surface area contributed by atoms with Crippen LogP contribution in [0, 0.1) is 5.82 Å². The number of rotatable bonds is 4. The molecule has 1 heterocycles. The molecular weight excluding hydrogens is 231 g/mol. The SMILES string of the molecule is Fc1cccc(-c2nnc(CCCCl)o2)c1. The van der Waals surface area contributed by atoms with Gasteiger partial charge in [0, 0.05) is 17.9 Å². The third kappa shape index (κ3) is 2.58. The van der Waals surface area contributed by atoms with Crippen LogP contribution in [-0.2, 0) is 6.42 Å². The van der Waals surface area contributed by atoms with Crippen LogP contribution in [0.1, 0.15) is 12.3 Å². The summed E-state index contributed by atoms with van der Waals surface area (Å²) >= 11 is 5.56. The van der Waals surface area contributed by atoms with Crippen LogP contribution in [0.5, 0.6) is 0 Å². The number of halogens is 2. The van der Waals surface area contributed by atoms with E-state index in [9.17, 15) is 4.39 Å². The van der Waals surface area contributed by atoms with Crippen LogP contribution >= 0.6 is 11.6 Å². The number of aryl methyl sites for hydroxylation is 1. The molecular formula is C11H10ClFN2O. The Morgan fingerprint density at radius 1 is 1.31 bits per heavy atom. The Labute approximate surface area is 97.3 Å². The second kappa shape index (κ2) is 5.07. The third-order valence-corrected chi connectivity index (χ3v) is 2.33. The van der Waals surface area contributed by atoms with E-state index in [-0.39, 0.29) is 5.82 Å². The van der Waals surface area contributed by atoms with E-state index in [1.54, 1.807) is 12.1 Å². The van der Waals surface area contributed by atoms with Gasteiger partial charge in [0.25, 0.3) is 0 Å². The quantitative estimate of drug-likeness (QED) is 0.771. The molecule has 0 atom stereocenters. The van der Waals surface area contributed by atoms with Crippen molar-refractivity contribution in [1.82, 2.24) is 10.2 Å². The largest absolute Gasteiger partial charge is 0.421 e. The number of hydrogen-bond donors (Lipinski definition) is 0. The monoisotopic (exact) mass is 240 g/mol. The molecule has 0 bridgehead atoms. The zero-order chi connectivity index (χ0) is 11.4. The number of hydrogen-bond acceptors (Lipinski definition) is 3. The van der Waals surface area contributed by atoms with Crippen molar-refractivity contribution in [3.63, 3.8) is 0 Å². The van der Waals surface area contributed by atoms with Crippen LogP contribution < -0.4 is 0 Å². The highest BCUT2D eigenvalue weighted by molar-refractivity contribution is 6.17. The van der Waals surface area contributed by atoms with E-state index < -0.39 is 0 Å². The summed E-state index contributed by atoms with van der Waals surface area (Å²) in [5.41, 5.74) is 0.588. The Morgan fingerprint density at radius 2 is 2.19 bits per heavy atom. The highest BCUT2D eigenvalue weighted by Crippen LogP contribution is 2.18. The summed E-state index contributed by atoms with van der Waals surface area (Å²) in [6.07, 6.45) is 1.43. The van der Waals surface area contributed by atoms with Gasteiger partial charge < -0.3 is 4.42 Å². The first kappa shape index (κ1) is 11.1. The van der Waals surface area contributed by atoms with E-state index in [1.165, 1.54) is 12.1 Å². The van der Waals surface area contributed by atoms with E-state index in [2.05, 4.69) is 10.2 Å². The normalized spacial score (nSPS) is 10.6. The summed E-state index contributed by atoms with van der Waals surface area (Å²) in [7, 11) is 0. The molecule has 0 saturated heterocycles. The van der Waals surface area contributed by atoms with Crippen molar-refractivity contribution >= 4 is 11.6 Å². The van der Waals surface area contributed by atoms with Gasteiger partial charge in [-0.15, -0.1) is 21.8 Å². The molecule has 0 N–H and O–H groups in total. The van der Waals surface area contributed by atoms with E-state index in [0.717, 1.165) is 6.42 Å². The van der Waals surface area contributed by atoms with Gasteiger partial charge in [0.05, 0.1) is 0 Å². The molecule has 16 heavy (non-hydrogen) atoms. The summed E-state index contributed by atoms with van der Waals surface area (Å²) in [6, 6.07) is 6.06. The minimum atomic E-state index is -0.321. The Bertz CT molecular complexity index is 473. The number of aromatic nitrogens is 2. The van der Waals surface area contributed by atoms with Gasteiger partial charge in [-0.2, -0.15) is 0 Å². The molecule has 0 fully saturated rings. The van der Waals surface area contributed by atoms with Crippen LogP contribution in [0.2, 0.25) is 0 Å². The molecule has 0 aliphatic rings. The topological polar surface area (TPSA) is 38.9 Å². The second-order valence-corrected chi connectivity index (χ2v) is 3.68. The van der Waals surface area contributed by atoms with E-state index >= 15 is 0 Å². The lowest BCUT2D eigenvalue weighted by Crippen LogP contribution is -1.85. The van der Waals surface area contributed by atoms with Gasteiger partial charge in [0.1, 0.15) is 5.82 Å².